The number of ether oxygens (including phenoxy) is 1. The van der Waals surface area contributed by atoms with Crippen molar-refractivity contribution in [1.29, 1.82) is 0 Å². The fourth-order valence-electron chi connectivity index (χ4n) is 2.45. The van der Waals surface area contributed by atoms with E-state index in [-0.39, 0.29) is 5.91 Å². The highest BCUT2D eigenvalue weighted by Gasteiger charge is 2.12. The summed E-state index contributed by atoms with van der Waals surface area (Å²) in [6, 6.07) is 5.04. The fraction of sp³-hybridized carbons (Fsp3) is 0.375. The largest absolute Gasteiger partial charge is 0.497 e. The van der Waals surface area contributed by atoms with Crippen molar-refractivity contribution in [3.63, 3.8) is 0 Å². The first-order valence-corrected chi connectivity index (χ1v) is 7.14. The molecule has 0 saturated carbocycles. The molecule has 1 amide bonds. The van der Waals surface area contributed by atoms with E-state index in [1.54, 1.807) is 25.3 Å². The van der Waals surface area contributed by atoms with E-state index >= 15 is 0 Å². The summed E-state index contributed by atoms with van der Waals surface area (Å²) in [4.78, 5) is 12.2. The van der Waals surface area contributed by atoms with E-state index in [2.05, 4.69) is 10.4 Å². The van der Waals surface area contributed by atoms with E-state index in [9.17, 15) is 4.79 Å². The number of amides is 1. The molecular formula is C16H22N4O2. The Hall–Kier alpha value is -2.50. The average molecular weight is 302 g/mol. The molecule has 0 aliphatic heterocycles. The van der Waals surface area contributed by atoms with Crippen LogP contribution in [0.4, 0.5) is 5.69 Å². The summed E-state index contributed by atoms with van der Waals surface area (Å²) in [5.74, 6) is 0.454. The smallest absolute Gasteiger partial charge is 0.253 e. The van der Waals surface area contributed by atoms with Crippen molar-refractivity contribution in [2.45, 2.75) is 20.3 Å². The molecular weight excluding hydrogens is 280 g/mol. The Labute approximate surface area is 130 Å². The lowest BCUT2D eigenvalue weighted by Gasteiger charge is -2.09. The normalized spacial score (nSPS) is 10.5. The van der Waals surface area contributed by atoms with Crippen molar-refractivity contribution < 1.29 is 9.53 Å². The molecule has 2 aromatic rings. The molecule has 0 aliphatic rings. The molecule has 6 nitrogen and oxygen atoms in total. The zero-order chi connectivity index (χ0) is 16.3. The molecule has 2 rings (SSSR count). The summed E-state index contributed by atoms with van der Waals surface area (Å²) < 4.78 is 6.93. The maximum atomic E-state index is 12.2. The third-order valence-corrected chi connectivity index (χ3v) is 3.82. The molecule has 0 fully saturated rings. The number of carbonyl (C=O) groups is 1. The SMILES string of the molecule is COc1ccc(C(=O)NCCc2c(C)nn(C)c2C)c(N)c1. The quantitative estimate of drug-likeness (QED) is 0.822. The summed E-state index contributed by atoms with van der Waals surface area (Å²) in [5, 5.41) is 7.26. The monoisotopic (exact) mass is 302 g/mol. The first-order chi connectivity index (χ1) is 10.4. The molecule has 1 heterocycles. The van der Waals surface area contributed by atoms with Crippen LogP contribution in [0.1, 0.15) is 27.3 Å². The molecule has 118 valence electrons. The second kappa shape index (κ2) is 6.51. The highest BCUT2D eigenvalue weighted by atomic mass is 16.5. The van der Waals surface area contributed by atoms with Gasteiger partial charge in [0.15, 0.2) is 0 Å². The molecule has 0 saturated heterocycles. The van der Waals surface area contributed by atoms with Crippen LogP contribution < -0.4 is 15.8 Å². The van der Waals surface area contributed by atoms with Gasteiger partial charge >= 0.3 is 0 Å². The number of hydrogen-bond donors (Lipinski definition) is 2. The summed E-state index contributed by atoms with van der Waals surface area (Å²) in [6.45, 7) is 4.54. The van der Waals surface area contributed by atoms with Crippen molar-refractivity contribution in [1.82, 2.24) is 15.1 Å². The maximum Gasteiger partial charge on any atom is 0.253 e. The van der Waals surface area contributed by atoms with E-state index in [0.717, 1.165) is 17.8 Å². The van der Waals surface area contributed by atoms with Crippen molar-refractivity contribution >= 4 is 11.6 Å². The van der Waals surface area contributed by atoms with Crippen LogP contribution in [0.2, 0.25) is 0 Å². The molecule has 0 unspecified atom stereocenters. The van der Waals surface area contributed by atoms with E-state index in [4.69, 9.17) is 10.5 Å². The van der Waals surface area contributed by atoms with Gasteiger partial charge in [0.25, 0.3) is 5.91 Å². The third-order valence-electron chi connectivity index (χ3n) is 3.82. The number of anilines is 1. The number of carbonyl (C=O) groups excluding carboxylic acids is 1. The van der Waals surface area contributed by atoms with Gasteiger partial charge < -0.3 is 15.8 Å². The number of aromatic nitrogens is 2. The molecule has 0 bridgehead atoms. The number of rotatable bonds is 5. The second-order valence-electron chi connectivity index (χ2n) is 5.23. The van der Waals surface area contributed by atoms with Gasteiger partial charge in [-0.3, -0.25) is 9.48 Å². The summed E-state index contributed by atoms with van der Waals surface area (Å²) in [7, 11) is 3.48. The van der Waals surface area contributed by atoms with Crippen LogP contribution in [0.3, 0.4) is 0 Å². The van der Waals surface area contributed by atoms with Crippen molar-refractivity contribution in [2.24, 2.45) is 7.05 Å². The molecule has 0 radical (unpaired) electrons. The van der Waals surface area contributed by atoms with Gasteiger partial charge in [0.1, 0.15) is 5.75 Å². The molecule has 0 atom stereocenters. The Morgan fingerprint density at radius 3 is 2.68 bits per heavy atom. The number of methoxy groups -OCH3 is 1. The van der Waals surface area contributed by atoms with Crippen LogP contribution >= 0.6 is 0 Å². The highest BCUT2D eigenvalue weighted by Crippen LogP contribution is 2.19. The van der Waals surface area contributed by atoms with Gasteiger partial charge in [-0.25, -0.2) is 0 Å². The Kier molecular flexibility index (Phi) is 4.70. The lowest BCUT2D eigenvalue weighted by Crippen LogP contribution is -2.26. The zero-order valence-corrected chi connectivity index (χ0v) is 13.4. The minimum absolute atomic E-state index is 0.181. The van der Waals surface area contributed by atoms with Crippen LogP contribution in [-0.2, 0) is 13.5 Å². The number of aryl methyl sites for hydroxylation is 2. The van der Waals surface area contributed by atoms with Gasteiger partial charge in [0.05, 0.1) is 18.4 Å². The fourth-order valence-corrected chi connectivity index (χ4v) is 2.45. The van der Waals surface area contributed by atoms with Crippen LogP contribution in [-0.4, -0.2) is 29.3 Å². The van der Waals surface area contributed by atoms with E-state index in [1.807, 2.05) is 25.6 Å². The van der Waals surface area contributed by atoms with Gasteiger partial charge in [-0.05, 0) is 38.0 Å². The molecule has 6 heteroatoms. The minimum Gasteiger partial charge on any atom is -0.497 e. The Balaban J connectivity index is 1.98. The van der Waals surface area contributed by atoms with E-state index < -0.39 is 0 Å². The molecule has 3 N–H and O–H groups in total. The Bertz CT molecular complexity index is 692. The highest BCUT2D eigenvalue weighted by molar-refractivity contribution is 5.99. The Morgan fingerprint density at radius 1 is 1.41 bits per heavy atom. The van der Waals surface area contributed by atoms with Crippen molar-refractivity contribution in [3.8, 4) is 5.75 Å². The van der Waals surface area contributed by atoms with Crippen LogP contribution in [0.5, 0.6) is 5.75 Å². The summed E-state index contributed by atoms with van der Waals surface area (Å²) in [5.41, 5.74) is 10.0. The number of benzene rings is 1. The number of hydrogen-bond acceptors (Lipinski definition) is 4. The third kappa shape index (κ3) is 3.21. The van der Waals surface area contributed by atoms with E-state index in [0.29, 0.717) is 23.5 Å². The average Bonchev–Trinajstić information content (AvgIpc) is 2.73. The first-order valence-electron chi connectivity index (χ1n) is 7.14. The number of nitrogen functional groups attached to an aromatic ring is 1. The van der Waals surface area contributed by atoms with Crippen LogP contribution in [0.25, 0.3) is 0 Å². The van der Waals surface area contributed by atoms with Gasteiger partial charge in [0.2, 0.25) is 0 Å². The molecule has 0 spiro atoms. The first kappa shape index (κ1) is 15.9. The second-order valence-corrected chi connectivity index (χ2v) is 5.23. The van der Waals surface area contributed by atoms with Gasteiger partial charge in [-0.2, -0.15) is 5.10 Å². The summed E-state index contributed by atoms with van der Waals surface area (Å²) in [6.07, 6.45) is 0.743. The predicted molar refractivity (Wildman–Crippen MR) is 86.1 cm³/mol. The van der Waals surface area contributed by atoms with Crippen molar-refractivity contribution in [2.75, 3.05) is 19.4 Å². The van der Waals surface area contributed by atoms with Gasteiger partial charge in [0, 0.05) is 31.0 Å². The molecule has 0 aliphatic carbocycles. The predicted octanol–water partition coefficient (Wildman–Crippen LogP) is 1.60. The number of nitrogens with one attached hydrogen (secondary N) is 1. The minimum atomic E-state index is -0.181. The zero-order valence-electron chi connectivity index (χ0n) is 13.4. The lowest BCUT2D eigenvalue weighted by atomic mass is 10.1. The van der Waals surface area contributed by atoms with E-state index in [1.165, 1.54) is 5.56 Å². The summed E-state index contributed by atoms with van der Waals surface area (Å²) >= 11 is 0. The van der Waals surface area contributed by atoms with Gasteiger partial charge in [-0.15, -0.1) is 0 Å². The van der Waals surface area contributed by atoms with Crippen LogP contribution in [0, 0.1) is 13.8 Å². The molecule has 1 aromatic heterocycles. The Morgan fingerprint density at radius 2 is 2.14 bits per heavy atom. The van der Waals surface area contributed by atoms with Crippen LogP contribution in [0.15, 0.2) is 18.2 Å². The topological polar surface area (TPSA) is 82.2 Å². The standard InChI is InChI=1S/C16H22N4O2/c1-10-13(11(2)20(3)19-10)7-8-18-16(21)14-6-5-12(22-4)9-15(14)17/h5-6,9H,7-8,17H2,1-4H3,(H,18,21). The van der Waals surface area contributed by atoms with Crippen molar-refractivity contribution in [3.05, 3.63) is 40.7 Å². The number of nitrogens with two attached hydrogens (primary N) is 1. The molecule has 22 heavy (non-hydrogen) atoms. The van der Waals surface area contributed by atoms with Gasteiger partial charge in [-0.1, -0.05) is 0 Å². The number of nitrogens with zero attached hydrogens (tertiary/aromatic N) is 2. The molecule has 1 aromatic carbocycles. The lowest BCUT2D eigenvalue weighted by molar-refractivity contribution is 0.0955. The maximum absolute atomic E-state index is 12.2.